The van der Waals surface area contributed by atoms with E-state index in [4.69, 9.17) is 9.16 Å². The van der Waals surface area contributed by atoms with Crippen LogP contribution in [-0.2, 0) is 9.16 Å². The maximum atomic E-state index is 7.02. The summed E-state index contributed by atoms with van der Waals surface area (Å²) >= 11 is 0. The minimum Gasteiger partial charge on any atom is -0.401 e. The summed E-state index contributed by atoms with van der Waals surface area (Å²) in [4.78, 5) is 0. The molecule has 2 aromatic carbocycles. The first-order valence-electron chi connectivity index (χ1n) is 9.00. The summed E-state index contributed by atoms with van der Waals surface area (Å²) in [5, 5.41) is 2.59. The monoisotopic (exact) mass is 352 g/mol. The van der Waals surface area contributed by atoms with Crippen LogP contribution in [0.2, 0.25) is 5.04 Å². The lowest BCUT2D eigenvalue weighted by atomic mass is 10.2. The van der Waals surface area contributed by atoms with Gasteiger partial charge in [-0.05, 0) is 15.4 Å². The van der Waals surface area contributed by atoms with Crippen LogP contribution in [0.15, 0.2) is 73.3 Å². The molecule has 2 atom stereocenters. The van der Waals surface area contributed by atoms with Gasteiger partial charge in [0.1, 0.15) is 0 Å². The Bertz CT molecular complexity index is 647. The number of ether oxygens (including phenoxy) is 1. The van der Waals surface area contributed by atoms with Gasteiger partial charge in [-0.25, -0.2) is 0 Å². The molecule has 0 spiro atoms. The zero-order valence-electron chi connectivity index (χ0n) is 15.4. The van der Waals surface area contributed by atoms with E-state index < -0.39 is 8.32 Å². The van der Waals surface area contributed by atoms with Crippen molar-refractivity contribution in [1.29, 1.82) is 0 Å². The third kappa shape index (κ3) is 3.79. The van der Waals surface area contributed by atoms with Crippen LogP contribution in [0, 0.1) is 0 Å². The van der Waals surface area contributed by atoms with Crippen molar-refractivity contribution in [1.82, 2.24) is 0 Å². The lowest BCUT2D eigenvalue weighted by molar-refractivity contribution is 0.206. The van der Waals surface area contributed by atoms with Crippen LogP contribution in [0.4, 0.5) is 0 Å². The third-order valence-electron chi connectivity index (χ3n) is 4.91. The number of hydrogen-bond acceptors (Lipinski definition) is 2. The smallest absolute Gasteiger partial charge is 0.261 e. The van der Waals surface area contributed by atoms with Gasteiger partial charge in [-0.2, -0.15) is 0 Å². The molecule has 2 aromatic rings. The summed E-state index contributed by atoms with van der Waals surface area (Å²) in [6.45, 7) is 11.8. The molecule has 0 saturated carbocycles. The Kier molecular flexibility index (Phi) is 5.28. The Morgan fingerprint density at radius 2 is 1.56 bits per heavy atom. The van der Waals surface area contributed by atoms with Crippen molar-refractivity contribution in [2.24, 2.45) is 0 Å². The molecule has 25 heavy (non-hydrogen) atoms. The second-order valence-corrected chi connectivity index (χ2v) is 12.0. The normalized spacial score (nSPS) is 18.6. The molecular formula is C22H28O2Si. The number of benzene rings is 2. The van der Waals surface area contributed by atoms with E-state index in [0.29, 0.717) is 6.10 Å². The predicted octanol–water partition coefficient (Wildman–Crippen LogP) is 3.91. The van der Waals surface area contributed by atoms with E-state index >= 15 is 0 Å². The summed E-state index contributed by atoms with van der Waals surface area (Å²) in [6, 6.07) is 21.5. The van der Waals surface area contributed by atoms with E-state index in [-0.39, 0.29) is 11.1 Å². The van der Waals surface area contributed by atoms with E-state index in [2.05, 4.69) is 88.0 Å². The Morgan fingerprint density at radius 1 is 1.08 bits per heavy atom. The highest BCUT2D eigenvalue weighted by Crippen LogP contribution is 2.38. The minimum absolute atomic E-state index is 0.00111. The third-order valence-corrected chi connectivity index (χ3v) is 9.97. The molecule has 0 radical (unpaired) electrons. The minimum atomic E-state index is -2.50. The summed E-state index contributed by atoms with van der Waals surface area (Å²) < 4.78 is 12.5. The van der Waals surface area contributed by atoms with Crippen LogP contribution >= 0.6 is 0 Å². The van der Waals surface area contributed by atoms with Crippen LogP contribution < -0.4 is 10.4 Å². The van der Waals surface area contributed by atoms with Crippen molar-refractivity contribution < 1.29 is 9.16 Å². The van der Waals surface area contributed by atoms with Gasteiger partial charge in [0, 0.05) is 6.42 Å². The molecule has 3 rings (SSSR count). The highest BCUT2D eigenvalue weighted by molar-refractivity contribution is 6.99. The molecule has 0 N–H and O–H groups in total. The molecule has 1 saturated heterocycles. The molecule has 1 aliphatic heterocycles. The van der Waals surface area contributed by atoms with Gasteiger partial charge in [0.15, 0.2) is 0 Å². The van der Waals surface area contributed by atoms with Crippen molar-refractivity contribution in [2.75, 3.05) is 6.61 Å². The van der Waals surface area contributed by atoms with E-state index in [1.165, 1.54) is 10.4 Å². The SMILES string of the molecule is C=C[C@H](C[C@H]1CO1)O[Si](c1ccccc1)(c1ccccc1)C(C)(C)C. The highest BCUT2D eigenvalue weighted by atomic mass is 28.4. The van der Waals surface area contributed by atoms with Crippen LogP contribution in [0.25, 0.3) is 0 Å². The summed E-state index contributed by atoms with van der Waals surface area (Å²) in [7, 11) is -2.50. The first kappa shape index (κ1) is 18.1. The second-order valence-electron chi connectivity index (χ2n) is 7.75. The van der Waals surface area contributed by atoms with E-state index in [1.807, 2.05) is 6.08 Å². The molecule has 132 valence electrons. The molecular weight excluding hydrogens is 324 g/mol. The molecule has 0 unspecified atom stereocenters. The fourth-order valence-electron chi connectivity index (χ4n) is 3.57. The van der Waals surface area contributed by atoms with Crippen LogP contribution in [0.3, 0.4) is 0 Å². The fraction of sp³-hybridized carbons (Fsp3) is 0.364. The Labute approximate surface area is 152 Å². The van der Waals surface area contributed by atoms with Crippen LogP contribution in [-0.4, -0.2) is 27.1 Å². The molecule has 2 nitrogen and oxygen atoms in total. The lowest BCUT2D eigenvalue weighted by Crippen LogP contribution is -2.67. The summed E-state index contributed by atoms with van der Waals surface area (Å²) in [5.41, 5.74) is 0. The van der Waals surface area contributed by atoms with Crippen LogP contribution in [0.5, 0.6) is 0 Å². The number of hydrogen-bond donors (Lipinski definition) is 0. The average molecular weight is 353 g/mol. The van der Waals surface area contributed by atoms with E-state index in [1.54, 1.807) is 0 Å². The first-order valence-corrected chi connectivity index (χ1v) is 10.9. The molecule has 0 bridgehead atoms. The van der Waals surface area contributed by atoms with E-state index in [0.717, 1.165) is 13.0 Å². The van der Waals surface area contributed by atoms with Crippen molar-refractivity contribution in [3.63, 3.8) is 0 Å². The largest absolute Gasteiger partial charge is 0.401 e. The van der Waals surface area contributed by atoms with Gasteiger partial charge < -0.3 is 9.16 Å². The molecule has 3 heteroatoms. The Hall–Kier alpha value is -1.68. The Morgan fingerprint density at radius 3 is 1.92 bits per heavy atom. The highest BCUT2D eigenvalue weighted by Gasteiger charge is 2.51. The lowest BCUT2D eigenvalue weighted by Gasteiger charge is -2.44. The van der Waals surface area contributed by atoms with Gasteiger partial charge >= 0.3 is 0 Å². The van der Waals surface area contributed by atoms with Crippen molar-refractivity contribution in [3.05, 3.63) is 73.3 Å². The standard InChI is InChI=1S/C22H28O2Si/c1-5-18(16-19-17-23-19)24-25(22(2,3)4,20-12-8-6-9-13-20)21-14-10-7-11-15-21/h5-15,18-19H,1,16-17H2,2-4H3/t18-,19+/m1/s1. The van der Waals surface area contributed by atoms with Gasteiger partial charge in [-0.1, -0.05) is 87.5 Å². The van der Waals surface area contributed by atoms with Gasteiger partial charge in [0.2, 0.25) is 0 Å². The molecule has 1 fully saturated rings. The number of epoxide rings is 1. The molecule has 1 aliphatic rings. The maximum Gasteiger partial charge on any atom is 0.261 e. The molecule has 0 amide bonds. The van der Waals surface area contributed by atoms with Crippen LogP contribution in [0.1, 0.15) is 27.2 Å². The zero-order chi connectivity index (χ0) is 17.9. The fourth-order valence-corrected chi connectivity index (χ4v) is 8.24. The molecule has 1 heterocycles. The summed E-state index contributed by atoms with van der Waals surface area (Å²) in [6.07, 6.45) is 3.15. The topological polar surface area (TPSA) is 21.8 Å². The van der Waals surface area contributed by atoms with Crippen molar-refractivity contribution in [2.45, 2.75) is 44.4 Å². The quantitative estimate of drug-likeness (QED) is 0.428. The van der Waals surface area contributed by atoms with Gasteiger partial charge in [-0.15, -0.1) is 6.58 Å². The number of rotatable bonds is 7. The maximum absolute atomic E-state index is 7.02. The summed E-state index contributed by atoms with van der Waals surface area (Å²) in [5.74, 6) is 0. The van der Waals surface area contributed by atoms with E-state index in [9.17, 15) is 0 Å². The molecule has 0 aromatic heterocycles. The zero-order valence-corrected chi connectivity index (χ0v) is 16.4. The second kappa shape index (κ2) is 7.28. The predicted molar refractivity (Wildman–Crippen MR) is 107 cm³/mol. The average Bonchev–Trinajstić information content (AvgIpc) is 3.43. The van der Waals surface area contributed by atoms with Gasteiger partial charge in [0.25, 0.3) is 8.32 Å². The van der Waals surface area contributed by atoms with Crippen molar-refractivity contribution >= 4 is 18.7 Å². The molecule has 0 aliphatic carbocycles. The Balaban J connectivity index is 2.12. The van der Waals surface area contributed by atoms with Crippen molar-refractivity contribution in [3.8, 4) is 0 Å². The van der Waals surface area contributed by atoms with Gasteiger partial charge in [0.05, 0.1) is 18.8 Å². The first-order chi connectivity index (χ1) is 12.0. The van der Waals surface area contributed by atoms with Gasteiger partial charge in [-0.3, -0.25) is 0 Å².